The minimum absolute atomic E-state index is 0.317. The summed E-state index contributed by atoms with van der Waals surface area (Å²) in [6, 6.07) is 2.09. The highest BCUT2D eigenvalue weighted by Crippen LogP contribution is 2.23. The summed E-state index contributed by atoms with van der Waals surface area (Å²) in [6.07, 6.45) is 6.87. The van der Waals surface area contributed by atoms with E-state index in [4.69, 9.17) is 4.74 Å². The Morgan fingerprint density at radius 3 is 3.25 bits per heavy atom. The number of hydrogen-bond acceptors (Lipinski definition) is 3. The van der Waals surface area contributed by atoms with Crippen LogP contribution in [0.3, 0.4) is 0 Å². The fourth-order valence-electron chi connectivity index (χ4n) is 1.88. The lowest BCUT2D eigenvalue weighted by Gasteiger charge is -2.18. The molecular formula is C12H15BrN2O. The molecule has 1 aromatic heterocycles. The van der Waals surface area contributed by atoms with E-state index < -0.39 is 0 Å². The maximum absolute atomic E-state index is 5.64. The Balaban J connectivity index is 1.95. The molecule has 4 heteroatoms. The highest BCUT2D eigenvalue weighted by Gasteiger charge is 2.23. The largest absolute Gasteiger partial charge is 0.372 e. The van der Waals surface area contributed by atoms with E-state index in [0.717, 1.165) is 29.7 Å². The van der Waals surface area contributed by atoms with Crippen molar-refractivity contribution in [2.75, 3.05) is 24.6 Å². The van der Waals surface area contributed by atoms with Crippen molar-refractivity contribution >= 4 is 21.6 Å². The summed E-state index contributed by atoms with van der Waals surface area (Å²) in [5.74, 6) is 0. The fraction of sp³-hybridized carbons (Fsp3) is 0.417. The molecule has 0 spiro atoms. The molecule has 0 bridgehead atoms. The Hall–Kier alpha value is -0.870. The van der Waals surface area contributed by atoms with Crippen molar-refractivity contribution in [1.29, 1.82) is 0 Å². The summed E-state index contributed by atoms with van der Waals surface area (Å²) in [5, 5.41) is 0. The van der Waals surface area contributed by atoms with Gasteiger partial charge in [-0.15, -0.1) is 6.58 Å². The topological polar surface area (TPSA) is 25.4 Å². The third kappa shape index (κ3) is 2.83. The van der Waals surface area contributed by atoms with Crippen LogP contribution in [-0.4, -0.2) is 30.8 Å². The zero-order valence-corrected chi connectivity index (χ0v) is 10.7. The molecule has 1 fully saturated rings. The molecule has 0 radical (unpaired) electrons. The third-order valence-corrected chi connectivity index (χ3v) is 3.08. The van der Waals surface area contributed by atoms with Gasteiger partial charge in [0.2, 0.25) is 0 Å². The van der Waals surface area contributed by atoms with Crippen molar-refractivity contribution in [2.45, 2.75) is 12.5 Å². The molecule has 1 aromatic rings. The first-order chi connectivity index (χ1) is 7.79. The van der Waals surface area contributed by atoms with Gasteiger partial charge in [-0.3, -0.25) is 4.98 Å². The van der Waals surface area contributed by atoms with Crippen LogP contribution in [0.2, 0.25) is 0 Å². The van der Waals surface area contributed by atoms with Gasteiger partial charge in [-0.2, -0.15) is 0 Å². The molecule has 1 unspecified atom stereocenters. The molecule has 1 aliphatic rings. The maximum Gasteiger partial charge on any atom is 0.0771 e. The Morgan fingerprint density at radius 2 is 2.50 bits per heavy atom. The summed E-state index contributed by atoms with van der Waals surface area (Å²) in [6.45, 7) is 6.25. The minimum atomic E-state index is 0.317. The van der Waals surface area contributed by atoms with Crippen molar-refractivity contribution in [3.63, 3.8) is 0 Å². The maximum atomic E-state index is 5.64. The van der Waals surface area contributed by atoms with Crippen molar-refractivity contribution < 1.29 is 4.74 Å². The quantitative estimate of drug-likeness (QED) is 0.794. The number of rotatable bonds is 4. The van der Waals surface area contributed by atoms with Crippen LogP contribution in [0.5, 0.6) is 0 Å². The number of ether oxygens (including phenoxy) is 1. The normalized spacial score (nSPS) is 20.1. The van der Waals surface area contributed by atoms with Crippen LogP contribution in [0.25, 0.3) is 0 Å². The van der Waals surface area contributed by atoms with Crippen molar-refractivity contribution in [3.05, 3.63) is 35.6 Å². The standard InChI is InChI=1S/C12H15BrN2O/c1-2-5-16-12-3-4-15(9-12)11-6-10(13)7-14-8-11/h2,6-8,12H,1,3-5,9H2. The number of hydrogen-bond donors (Lipinski definition) is 0. The van der Waals surface area contributed by atoms with Crippen molar-refractivity contribution in [1.82, 2.24) is 4.98 Å². The van der Waals surface area contributed by atoms with Gasteiger partial charge in [-0.1, -0.05) is 6.08 Å². The third-order valence-electron chi connectivity index (χ3n) is 2.65. The number of pyridine rings is 1. The second kappa shape index (κ2) is 5.46. The van der Waals surface area contributed by atoms with Crippen molar-refractivity contribution in [3.8, 4) is 0 Å². The molecule has 1 aliphatic heterocycles. The van der Waals surface area contributed by atoms with Crippen molar-refractivity contribution in [2.24, 2.45) is 0 Å². The number of anilines is 1. The zero-order valence-electron chi connectivity index (χ0n) is 9.10. The molecule has 3 nitrogen and oxygen atoms in total. The average Bonchev–Trinajstić information content (AvgIpc) is 2.75. The molecule has 0 saturated carbocycles. The monoisotopic (exact) mass is 282 g/mol. The average molecular weight is 283 g/mol. The molecule has 2 rings (SSSR count). The van der Waals surface area contributed by atoms with Gasteiger partial charge in [0.1, 0.15) is 0 Å². The van der Waals surface area contributed by atoms with Crippen LogP contribution >= 0.6 is 15.9 Å². The summed E-state index contributed by atoms with van der Waals surface area (Å²) in [7, 11) is 0. The van der Waals surface area contributed by atoms with E-state index >= 15 is 0 Å². The molecule has 86 valence electrons. The van der Waals surface area contributed by atoms with Gasteiger partial charge in [0, 0.05) is 23.8 Å². The number of halogens is 1. The summed E-state index contributed by atoms with van der Waals surface area (Å²) in [4.78, 5) is 6.47. The molecule has 2 heterocycles. The van der Waals surface area contributed by atoms with Gasteiger partial charge in [0.05, 0.1) is 24.6 Å². The van der Waals surface area contributed by atoms with E-state index in [2.05, 4.69) is 38.5 Å². The second-order valence-electron chi connectivity index (χ2n) is 3.84. The van der Waals surface area contributed by atoms with Gasteiger partial charge >= 0.3 is 0 Å². The minimum Gasteiger partial charge on any atom is -0.372 e. The lowest BCUT2D eigenvalue weighted by molar-refractivity contribution is 0.0909. The molecule has 0 N–H and O–H groups in total. The molecule has 1 saturated heterocycles. The first kappa shape index (κ1) is 11.6. The summed E-state index contributed by atoms with van der Waals surface area (Å²) < 4.78 is 6.66. The molecule has 0 aromatic carbocycles. The Morgan fingerprint density at radius 1 is 1.62 bits per heavy atom. The first-order valence-corrected chi connectivity index (χ1v) is 6.17. The molecule has 16 heavy (non-hydrogen) atoms. The van der Waals surface area contributed by atoms with E-state index in [0.29, 0.717) is 12.7 Å². The number of aromatic nitrogens is 1. The van der Waals surface area contributed by atoms with Gasteiger partial charge < -0.3 is 9.64 Å². The van der Waals surface area contributed by atoms with Gasteiger partial charge in [-0.05, 0) is 28.4 Å². The van der Waals surface area contributed by atoms with Crippen LogP contribution in [0.1, 0.15) is 6.42 Å². The first-order valence-electron chi connectivity index (χ1n) is 5.37. The van der Waals surface area contributed by atoms with E-state index in [1.807, 2.05) is 6.20 Å². The van der Waals surface area contributed by atoms with E-state index in [9.17, 15) is 0 Å². The van der Waals surface area contributed by atoms with Crippen LogP contribution in [0, 0.1) is 0 Å². The lowest BCUT2D eigenvalue weighted by atomic mass is 10.3. The highest BCUT2D eigenvalue weighted by molar-refractivity contribution is 9.10. The molecule has 0 aliphatic carbocycles. The van der Waals surface area contributed by atoms with Crippen LogP contribution < -0.4 is 4.90 Å². The number of nitrogens with zero attached hydrogens (tertiary/aromatic N) is 2. The highest BCUT2D eigenvalue weighted by atomic mass is 79.9. The van der Waals surface area contributed by atoms with Crippen LogP contribution in [0.4, 0.5) is 5.69 Å². The molecule has 1 atom stereocenters. The predicted molar refractivity (Wildman–Crippen MR) is 68.7 cm³/mol. The summed E-state index contributed by atoms with van der Waals surface area (Å²) >= 11 is 3.43. The summed E-state index contributed by atoms with van der Waals surface area (Å²) in [5.41, 5.74) is 1.15. The van der Waals surface area contributed by atoms with E-state index in [1.165, 1.54) is 0 Å². The zero-order chi connectivity index (χ0) is 11.4. The Bertz CT molecular complexity index is 370. The molecule has 0 amide bonds. The van der Waals surface area contributed by atoms with E-state index in [1.54, 1.807) is 12.3 Å². The smallest absolute Gasteiger partial charge is 0.0771 e. The lowest BCUT2D eigenvalue weighted by Crippen LogP contribution is -2.22. The van der Waals surface area contributed by atoms with Crippen LogP contribution in [-0.2, 0) is 4.74 Å². The fourth-order valence-corrected chi connectivity index (χ4v) is 2.23. The SMILES string of the molecule is C=CCOC1CCN(c2cncc(Br)c2)C1. The Labute approximate surface area is 104 Å². The second-order valence-corrected chi connectivity index (χ2v) is 4.76. The molecular weight excluding hydrogens is 268 g/mol. The van der Waals surface area contributed by atoms with Gasteiger partial charge in [-0.25, -0.2) is 0 Å². The predicted octanol–water partition coefficient (Wildman–Crippen LogP) is 2.63. The Kier molecular flexibility index (Phi) is 3.96. The van der Waals surface area contributed by atoms with Crippen LogP contribution in [0.15, 0.2) is 35.6 Å². The van der Waals surface area contributed by atoms with Gasteiger partial charge in [0.15, 0.2) is 0 Å². The van der Waals surface area contributed by atoms with E-state index in [-0.39, 0.29) is 0 Å². The van der Waals surface area contributed by atoms with Gasteiger partial charge in [0.25, 0.3) is 0 Å².